The fraction of sp³-hybridized carbons (Fsp3) is 0.786. The van der Waals surface area contributed by atoms with E-state index in [0.29, 0.717) is 0 Å². The van der Waals surface area contributed by atoms with Crippen molar-refractivity contribution in [3.8, 4) is 0 Å². The SMILES string of the molecule is C=C[C@@H]1[C@@H](CC[C@H]2[C@H](C=C)N(C(C)(C)C)C(=O)N2C(C)(C)C)N(C(C)(C)C)C(=O)N1C(C)(C)C. The van der Waals surface area contributed by atoms with E-state index in [1.165, 1.54) is 0 Å². The first kappa shape index (κ1) is 28.3. The highest BCUT2D eigenvalue weighted by Gasteiger charge is 2.54. The van der Waals surface area contributed by atoms with E-state index in [1.54, 1.807) is 0 Å². The molecule has 194 valence electrons. The Morgan fingerprint density at radius 3 is 0.971 bits per heavy atom. The van der Waals surface area contributed by atoms with Gasteiger partial charge in [-0.15, -0.1) is 13.2 Å². The molecular weight excluding hydrogens is 424 g/mol. The molecule has 6 nitrogen and oxygen atoms in total. The van der Waals surface area contributed by atoms with Crippen LogP contribution < -0.4 is 0 Å². The van der Waals surface area contributed by atoms with Crippen molar-refractivity contribution in [1.82, 2.24) is 19.6 Å². The van der Waals surface area contributed by atoms with Crippen LogP contribution in [0.2, 0.25) is 0 Å². The molecule has 6 heteroatoms. The molecule has 0 aliphatic carbocycles. The molecule has 2 fully saturated rings. The molecule has 0 aromatic carbocycles. The number of carbonyl (C=O) groups excluding carboxylic acids is 2. The Balaban J connectivity index is 2.49. The van der Waals surface area contributed by atoms with E-state index in [2.05, 4.69) is 96.2 Å². The zero-order valence-electron chi connectivity index (χ0n) is 23.9. The lowest BCUT2D eigenvalue weighted by atomic mass is 9.90. The molecule has 4 atom stereocenters. The Labute approximate surface area is 209 Å². The number of hydrogen-bond acceptors (Lipinski definition) is 2. The lowest BCUT2D eigenvalue weighted by Gasteiger charge is -2.40. The van der Waals surface area contributed by atoms with Crippen molar-refractivity contribution in [2.45, 2.75) is 142 Å². The first-order valence-electron chi connectivity index (χ1n) is 12.7. The van der Waals surface area contributed by atoms with Gasteiger partial charge in [-0.3, -0.25) is 0 Å². The minimum atomic E-state index is -0.326. The molecule has 0 radical (unpaired) electrons. The zero-order valence-corrected chi connectivity index (χ0v) is 23.9. The van der Waals surface area contributed by atoms with Gasteiger partial charge >= 0.3 is 12.1 Å². The molecule has 2 aliphatic heterocycles. The zero-order chi connectivity index (χ0) is 26.6. The first-order valence-corrected chi connectivity index (χ1v) is 12.7. The number of amides is 4. The summed E-state index contributed by atoms with van der Waals surface area (Å²) < 4.78 is 0. The molecule has 2 aliphatic rings. The van der Waals surface area contributed by atoms with Gasteiger partial charge in [0.05, 0.1) is 24.2 Å². The molecule has 0 aromatic heterocycles. The third-order valence-electron chi connectivity index (χ3n) is 7.00. The van der Waals surface area contributed by atoms with Gasteiger partial charge in [0.15, 0.2) is 0 Å². The Hall–Kier alpha value is -1.98. The average molecular weight is 475 g/mol. The summed E-state index contributed by atoms with van der Waals surface area (Å²) in [6.45, 7) is 33.3. The fourth-order valence-electron chi connectivity index (χ4n) is 5.92. The average Bonchev–Trinajstić information content (AvgIpc) is 3.08. The molecular formula is C28H50N4O2. The molecule has 0 saturated carbocycles. The van der Waals surface area contributed by atoms with Gasteiger partial charge in [-0.05, 0) is 95.9 Å². The molecule has 0 aromatic rings. The maximum absolute atomic E-state index is 13.7. The van der Waals surface area contributed by atoms with Crippen LogP contribution in [-0.2, 0) is 0 Å². The predicted molar refractivity (Wildman–Crippen MR) is 142 cm³/mol. The van der Waals surface area contributed by atoms with Crippen LogP contribution in [0.1, 0.15) is 95.9 Å². The fourth-order valence-corrected chi connectivity index (χ4v) is 5.92. The Kier molecular flexibility index (Phi) is 7.40. The Bertz CT molecular complexity index is 738. The Morgan fingerprint density at radius 1 is 0.559 bits per heavy atom. The third kappa shape index (κ3) is 5.01. The smallest absolute Gasteiger partial charge is 0.314 e. The van der Waals surface area contributed by atoms with E-state index >= 15 is 0 Å². The van der Waals surface area contributed by atoms with Crippen LogP contribution in [-0.4, -0.2) is 78.0 Å². The topological polar surface area (TPSA) is 47.1 Å². The maximum Gasteiger partial charge on any atom is 0.321 e. The second-order valence-electron chi connectivity index (χ2n) is 13.9. The van der Waals surface area contributed by atoms with Crippen LogP contribution >= 0.6 is 0 Å². The molecule has 2 saturated heterocycles. The van der Waals surface area contributed by atoms with Crippen LogP contribution in [0, 0.1) is 0 Å². The predicted octanol–water partition coefficient (Wildman–Crippen LogP) is 6.28. The van der Waals surface area contributed by atoms with Crippen molar-refractivity contribution < 1.29 is 9.59 Å². The largest absolute Gasteiger partial charge is 0.321 e. The molecule has 34 heavy (non-hydrogen) atoms. The Morgan fingerprint density at radius 2 is 0.794 bits per heavy atom. The van der Waals surface area contributed by atoms with Gasteiger partial charge in [0.2, 0.25) is 0 Å². The highest BCUT2D eigenvalue weighted by Crippen LogP contribution is 2.41. The van der Waals surface area contributed by atoms with E-state index in [1.807, 2.05) is 31.8 Å². The van der Waals surface area contributed by atoms with Crippen molar-refractivity contribution in [2.75, 3.05) is 0 Å². The van der Waals surface area contributed by atoms with Gasteiger partial charge in [0.1, 0.15) is 0 Å². The molecule has 0 bridgehead atoms. The van der Waals surface area contributed by atoms with Crippen molar-refractivity contribution in [2.24, 2.45) is 0 Å². The van der Waals surface area contributed by atoms with Gasteiger partial charge in [0, 0.05) is 22.2 Å². The summed E-state index contributed by atoms with van der Waals surface area (Å²) in [4.78, 5) is 35.4. The van der Waals surface area contributed by atoms with Crippen LogP contribution in [0.5, 0.6) is 0 Å². The number of urea groups is 2. The van der Waals surface area contributed by atoms with Crippen LogP contribution in [0.4, 0.5) is 9.59 Å². The van der Waals surface area contributed by atoms with Gasteiger partial charge < -0.3 is 19.6 Å². The van der Waals surface area contributed by atoms with E-state index in [-0.39, 0.29) is 58.4 Å². The summed E-state index contributed by atoms with van der Waals surface area (Å²) in [5.41, 5.74) is -1.29. The van der Waals surface area contributed by atoms with Crippen LogP contribution in [0.15, 0.2) is 25.3 Å². The molecule has 0 spiro atoms. The molecule has 0 N–H and O–H groups in total. The summed E-state index contributed by atoms with van der Waals surface area (Å²) in [5.74, 6) is 0. The van der Waals surface area contributed by atoms with Crippen molar-refractivity contribution in [3.05, 3.63) is 25.3 Å². The second kappa shape index (κ2) is 8.91. The lowest BCUT2D eigenvalue weighted by Crippen LogP contribution is -2.51. The standard InChI is InChI=1S/C28H50N4O2/c1-15-19-21(31(27(9,10)11)23(33)29(19)25(3,4)5)17-18-22-20(16-2)30(26(6,7)8)24(34)32(22)28(12,13)14/h15-16,19-22H,1-2,17-18H2,3-14H3/t19-,20+,21-,22+. The van der Waals surface area contributed by atoms with E-state index in [0.717, 1.165) is 12.8 Å². The van der Waals surface area contributed by atoms with Gasteiger partial charge in [0.25, 0.3) is 0 Å². The maximum atomic E-state index is 13.7. The molecule has 0 unspecified atom stereocenters. The summed E-state index contributed by atoms with van der Waals surface area (Å²) >= 11 is 0. The van der Waals surface area contributed by atoms with Crippen molar-refractivity contribution in [1.29, 1.82) is 0 Å². The summed E-state index contributed by atoms with van der Waals surface area (Å²) in [5, 5.41) is 0. The summed E-state index contributed by atoms with van der Waals surface area (Å²) in [7, 11) is 0. The van der Waals surface area contributed by atoms with E-state index in [9.17, 15) is 9.59 Å². The minimum absolute atomic E-state index is 0.0182. The number of nitrogens with zero attached hydrogens (tertiary/aromatic N) is 4. The van der Waals surface area contributed by atoms with Crippen LogP contribution in [0.25, 0.3) is 0 Å². The van der Waals surface area contributed by atoms with Crippen molar-refractivity contribution >= 4 is 12.1 Å². The second-order valence-corrected chi connectivity index (χ2v) is 13.9. The minimum Gasteiger partial charge on any atom is -0.314 e. The number of rotatable bonds is 5. The van der Waals surface area contributed by atoms with Gasteiger partial charge in [-0.2, -0.15) is 0 Å². The molecule has 4 amide bonds. The molecule has 2 heterocycles. The van der Waals surface area contributed by atoms with Gasteiger partial charge in [-0.25, -0.2) is 9.59 Å². The normalized spacial score (nSPS) is 27.2. The molecule has 2 rings (SSSR count). The number of hydrogen-bond donors (Lipinski definition) is 0. The van der Waals surface area contributed by atoms with Crippen LogP contribution in [0.3, 0.4) is 0 Å². The summed E-state index contributed by atoms with van der Waals surface area (Å²) in [6.07, 6.45) is 5.40. The monoisotopic (exact) mass is 474 g/mol. The highest BCUT2D eigenvalue weighted by molar-refractivity contribution is 5.81. The van der Waals surface area contributed by atoms with E-state index < -0.39 is 0 Å². The number of carbonyl (C=O) groups is 2. The summed E-state index contributed by atoms with van der Waals surface area (Å²) in [6, 6.07) is -0.102. The van der Waals surface area contributed by atoms with Crippen molar-refractivity contribution in [3.63, 3.8) is 0 Å². The lowest BCUT2D eigenvalue weighted by molar-refractivity contribution is 0.108. The van der Waals surface area contributed by atoms with E-state index in [4.69, 9.17) is 0 Å². The third-order valence-corrected chi connectivity index (χ3v) is 7.00. The highest BCUT2D eigenvalue weighted by atomic mass is 16.2. The first-order chi connectivity index (χ1) is 15.2. The quantitative estimate of drug-likeness (QED) is 0.440. The van der Waals surface area contributed by atoms with Gasteiger partial charge in [-0.1, -0.05) is 12.2 Å².